The Bertz CT molecular complexity index is 2950. The van der Waals surface area contributed by atoms with Crippen LogP contribution in [0.2, 0.25) is 0 Å². The van der Waals surface area contributed by atoms with Gasteiger partial charge in [0.25, 0.3) is 0 Å². The monoisotopic (exact) mass is 661 g/mol. The molecule has 0 aliphatic rings. The first-order chi connectivity index (χ1) is 25.8. The van der Waals surface area contributed by atoms with Gasteiger partial charge in [-0.3, -0.25) is 0 Å². The van der Waals surface area contributed by atoms with Crippen molar-refractivity contribution in [3.63, 3.8) is 0 Å². The fourth-order valence-electron chi connectivity index (χ4n) is 7.55. The van der Waals surface area contributed by atoms with Crippen LogP contribution in [-0.4, -0.2) is 15.0 Å². The summed E-state index contributed by atoms with van der Waals surface area (Å²) in [6.07, 6.45) is 0. The average Bonchev–Trinajstić information content (AvgIpc) is 3.23. The van der Waals surface area contributed by atoms with E-state index in [4.69, 9.17) is 15.0 Å². The molecule has 0 atom stereocenters. The smallest absolute Gasteiger partial charge is 0.164 e. The molecule has 10 rings (SSSR count). The van der Waals surface area contributed by atoms with Gasteiger partial charge in [0, 0.05) is 16.7 Å². The summed E-state index contributed by atoms with van der Waals surface area (Å²) in [5, 5.41) is 9.50. The summed E-state index contributed by atoms with van der Waals surface area (Å²) in [6, 6.07) is 66.5. The summed E-state index contributed by atoms with van der Waals surface area (Å²) in [5.41, 5.74) is 7.68. The van der Waals surface area contributed by atoms with E-state index in [9.17, 15) is 0 Å². The molecule has 0 bridgehead atoms. The van der Waals surface area contributed by atoms with E-state index < -0.39 is 0 Å². The van der Waals surface area contributed by atoms with Crippen molar-refractivity contribution in [3.05, 3.63) is 188 Å². The molecule has 0 amide bonds. The molecule has 3 heteroatoms. The van der Waals surface area contributed by atoms with Crippen molar-refractivity contribution in [2.24, 2.45) is 0 Å². The van der Waals surface area contributed by atoms with E-state index in [1.54, 1.807) is 0 Å². The maximum Gasteiger partial charge on any atom is 0.164 e. The Hall–Kier alpha value is -6.97. The number of rotatable bonds is 5. The standard InChI is InChI=1S/C49H31N3/c1-3-12-32(13-4-1)36-26-24-34-25-27-37-30-38(28-29-40(37)46(34)31-36)48-50-47(35-15-5-2-6-16-35)51-49(52-48)45-23-11-21-43-42(20-10-22-44(43)45)41-19-9-17-33-14-7-8-18-39(33)41/h1-31H. The van der Waals surface area contributed by atoms with Gasteiger partial charge < -0.3 is 0 Å². The molecule has 0 unspecified atom stereocenters. The van der Waals surface area contributed by atoms with Gasteiger partial charge in [-0.05, 0) is 77.5 Å². The summed E-state index contributed by atoms with van der Waals surface area (Å²) < 4.78 is 0. The van der Waals surface area contributed by atoms with Gasteiger partial charge >= 0.3 is 0 Å². The van der Waals surface area contributed by atoms with Gasteiger partial charge in [-0.1, -0.05) is 176 Å². The molecule has 242 valence electrons. The number of fused-ring (bicyclic) bond motifs is 5. The molecule has 0 fully saturated rings. The molecular formula is C49H31N3. The first-order valence-corrected chi connectivity index (χ1v) is 17.6. The number of aromatic nitrogens is 3. The Balaban J connectivity index is 1.14. The summed E-state index contributed by atoms with van der Waals surface area (Å²) in [7, 11) is 0. The lowest BCUT2D eigenvalue weighted by Gasteiger charge is -2.14. The Morgan fingerprint density at radius 2 is 0.750 bits per heavy atom. The highest BCUT2D eigenvalue weighted by atomic mass is 15.0. The van der Waals surface area contributed by atoms with E-state index in [0.717, 1.165) is 32.8 Å². The second kappa shape index (κ2) is 12.4. The molecule has 52 heavy (non-hydrogen) atoms. The van der Waals surface area contributed by atoms with Crippen molar-refractivity contribution in [3.8, 4) is 56.4 Å². The topological polar surface area (TPSA) is 38.7 Å². The van der Waals surface area contributed by atoms with Gasteiger partial charge in [0.05, 0.1) is 0 Å². The maximum absolute atomic E-state index is 5.20. The third-order valence-corrected chi connectivity index (χ3v) is 10.1. The zero-order valence-electron chi connectivity index (χ0n) is 28.2. The van der Waals surface area contributed by atoms with Crippen LogP contribution in [0.25, 0.3) is 99.5 Å². The summed E-state index contributed by atoms with van der Waals surface area (Å²) in [4.78, 5) is 15.4. The zero-order chi connectivity index (χ0) is 34.4. The van der Waals surface area contributed by atoms with Crippen LogP contribution >= 0.6 is 0 Å². The minimum atomic E-state index is 0.645. The first kappa shape index (κ1) is 29.9. The van der Waals surface area contributed by atoms with Crippen molar-refractivity contribution in [1.29, 1.82) is 0 Å². The van der Waals surface area contributed by atoms with Crippen LogP contribution in [-0.2, 0) is 0 Å². The quantitative estimate of drug-likeness (QED) is 0.172. The van der Waals surface area contributed by atoms with Gasteiger partial charge in [-0.25, -0.2) is 15.0 Å². The molecule has 0 N–H and O–H groups in total. The van der Waals surface area contributed by atoms with Crippen LogP contribution in [0.1, 0.15) is 0 Å². The van der Waals surface area contributed by atoms with Gasteiger partial charge in [-0.15, -0.1) is 0 Å². The first-order valence-electron chi connectivity index (χ1n) is 17.6. The molecule has 3 nitrogen and oxygen atoms in total. The lowest BCUT2D eigenvalue weighted by molar-refractivity contribution is 1.08. The maximum atomic E-state index is 5.20. The molecule has 0 saturated carbocycles. The number of hydrogen-bond acceptors (Lipinski definition) is 3. The number of nitrogens with zero attached hydrogens (tertiary/aromatic N) is 3. The molecule has 0 spiro atoms. The molecule has 0 aliphatic carbocycles. The molecule has 0 radical (unpaired) electrons. The normalized spacial score (nSPS) is 11.5. The number of benzene rings is 9. The van der Waals surface area contributed by atoms with E-state index in [2.05, 4.69) is 170 Å². The van der Waals surface area contributed by atoms with E-state index >= 15 is 0 Å². The predicted octanol–water partition coefficient (Wildman–Crippen LogP) is 12.8. The fourth-order valence-corrected chi connectivity index (χ4v) is 7.55. The van der Waals surface area contributed by atoms with Crippen LogP contribution in [0.15, 0.2) is 188 Å². The SMILES string of the molecule is c1ccc(-c2ccc3ccc4cc(-c5nc(-c6ccccc6)nc(-c6cccc7c(-c8cccc9ccccc89)cccc67)n5)ccc4c3c2)cc1. The zero-order valence-corrected chi connectivity index (χ0v) is 28.2. The summed E-state index contributed by atoms with van der Waals surface area (Å²) in [6.45, 7) is 0. The van der Waals surface area contributed by atoms with Gasteiger partial charge in [0.15, 0.2) is 17.5 Å². The predicted molar refractivity (Wildman–Crippen MR) is 217 cm³/mol. The van der Waals surface area contributed by atoms with Crippen LogP contribution in [0.5, 0.6) is 0 Å². The van der Waals surface area contributed by atoms with Crippen molar-refractivity contribution in [2.45, 2.75) is 0 Å². The number of hydrogen-bond donors (Lipinski definition) is 0. The van der Waals surface area contributed by atoms with Crippen molar-refractivity contribution in [2.75, 3.05) is 0 Å². The fraction of sp³-hybridized carbons (Fsp3) is 0. The molecular weight excluding hydrogens is 631 g/mol. The highest BCUT2D eigenvalue weighted by Gasteiger charge is 2.17. The molecule has 10 aromatic rings. The molecule has 0 saturated heterocycles. The Morgan fingerprint density at radius 3 is 1.56 bits per heavy atom. The van der Waals surface area contributed by atoms with Gasteiger partial charge in [0.1, 0.15) is 0 Å². The average molecular weight is 662 g/mol. The minimum Gasteiger partial charge on any atom is -0.208 e. The highest BCUT2D eigenvalue weighted by molar-refractivity contribution is 6.10. The Labute approximate surface area is 301 Å². The lowest BCUT2D eigenvalue weighted by Crippen LogP contribution is -2.00. The van der Waals surface area contributed by atoms with E-state index in [0.29, 0.717) is 17.5 Å². The van der Waals surface area contributed by atoms with Crippen LogP contribution in [0.4, 0.5) is 0 Å². The van der Waals surface area contributed by atoms with E-state index in [1.165, 1.54) is 49.2 Å². The largest absolute Gasteiger partial charge is 0.208 e. The van der Waals surface area contributed by atoms with E-state index in [-0.39, 0.29) is 0 Å². The molecule has 1 heterocycles. The highest BCUT2D eigenvalue weighted by Crippen LogP contribution is 2.38. The summed E-state index contributed by atoms with van der Waals surface area (Å²) in [5.74, 6) is 1.94. The third kappa shape index (κ3) is 5.19. The summed E-state index contributed by atoms with van der Waals surface area (Å²) >= 11 is 0. The minimum absolute atomic E-state index is 0.645. The third-order valence-electron chi connectivity index (χ3n) is 10.1. The van der Waals surface area contributed by atoms with Gasteiger partial charge in [0.2, 0.25) is 0 Å². The Kier molecular flexibility index (Phi) is 7.14. The van der Waals surface area contributed by atoms with Gasteiger partial charge in [-0.2, -0.15) is 0 Å². The van der Waals surface area contributed by atoms with Crippen LogP contribution < -0.4 is 0 Å². The van der Waals surface area contributed by atoms with Crippen LogP contribution in [0.3, 0.4) is 0 Å². The van der Waals surface area contributed by atoms with Crippen molar-refractivity contribution < 1.29 is 0 Å². The Morgan fingerprint density at radius 1 is 0.231 bits per heavy atom. The second-order valence-electron chi connectivity index (χ2n) is 13.2. The molecule has 0 aliphatic heterocycles. The van der Waals surface area contributed by atoms with E-state index in [1.807, 2.05) is 18.2 Å². The van der Waals surface area contributed by atoms with Crippen molar-refractivity contribution in [1.82, 2.24) is 15.0 Å². The second-order valence-corrected chi connectivity index (χ2v) is 13.2. The lowest BCUT2D eigenvalue weighted by atomic mass is 9.92. The molecule has 9 aromatic carbocycles. The molecule has 1 aromatic heterocycles. The van der Waals surface area contributed by atoms with Crippen molar-refractivity contribution >= 4 is 43.1 Å². The van der Waals surface area contributed by atoms with Crippen LogP contribution in [0, 0.1) is 0 Å².